The van der Waals surface area contributed by atoms with Crippen molar-refractivity contribution in [3.63, 3.8) is 0 Å². The number of hydrogen-bond donors (Lipinski definition) is 3. The molecule has 3 rings (SSSR count). The van der Waals surface area contributed by atoms with Crippen molar-refractivity contribution in [3.8, 4) is 17.3 Å². The molecule has 3 aromatic rings. The van der Waals surface area contributed by atoms with E-state index < -0.39 is 17.1 Å². The summed E-state index contributed by atoms with van der Waals surface area (Å²) in [6, 6.07) is 13.2. The van der Waals surface area contributed by atoms with Gasteiger partial charge in [-0.25, -0.2) is 9.36 Å². The molecule has 27 heavy (non-hydrogen) atoms. The summed E-state index contributed by atoms with van der Waals surface area (Å²) in [5.41, 5.74) is 1.93. The third kappa shape index (κ3) is 4.01. The standard InChI is InChI=1S/C18H15ClN4O4/c1-27-14-7-5-12(6-8-14)22-20-10-15-16(24)21-18(26)23(17(15)25)13-4-2-3-11(19)9-13/h2-10,22,25H,1H3,(H,21,24,26)/b20-10+. The van der Waals surface area contributed by atoms with Crippen molar-refractivity contribution in [1.29, 1.82) is 0 Å². The second kappa shape index (κ2) is 7.79. The SMILES string of the molecule is COc1ccc(N/N=C/c2c(O)n(-c3cccc(Cl)c3)c(=O)[nH]c2=O)cc1. The van der Waals surface area contributed by atoms with E-state index in [-0.39, 0.29) is 5.56 Å². The molecule has 0 saturated carbocycles. The van der Waals surface area contributed by atoms with Crippen LogP contribution in [0.3, 0.4) is 0 Å². The fraction of sp³-hybridized carbons (Fsp3) is 0.0556. The van der Waals surface area contributed by atoms with E-state index in [1.165, 1.54) is 6.07 Å². The maximum absolute atomic E-state index is 12.1. The average molecular weight is 387 g/mol. The lowest BCUT2D eigenvalue weighted by Crippen LogP contribution is -2.31. The number of hydrazone groups is 1. The summed E-state index contributed by atoms with van der Waals surface area (Å²) in [4.78, 5) is 26.3. The fourth-order valence-electron chi connectivity index (χ4n) is 2.35. The monoisotopic (exact) mass is 386 g/mol. The number of H-pyrrole nitrogens is 1. The number of nitrogens with zero attached hydrogens (tertiary/aromatic N) is 2. The number of methoxy groups -OCH3 is 1. The molecule has 0 bridgehead atoms. The fourth-order valence-corrected chi connectivity index (χ4v) is 2.53. The summed E-state index contributed by atoms with van der Waals surface area (Å²) in [7, 11) is 1.56. The van der Waals surface area contributed by atoms with E-state index in [4.69, 9.17) is 16.3 Å². The number of aromatic nitrogens is 2. The highest BCUT2D eigenvalue weighted by atomic mass is 35.5. The Morgan fingerprint density at radius 1 is 1.22 bits per heavy atom. The summed E-state index contributed by atoms with van der Waals surface area (Å²) in [5.74, 6) is 0.138. The first-order chi connectivity index (χ1) is 13.0. The molecule has 0 amide bonds. The molecule has 0 fully saturated rings. The molecule has 1 heterocycles. The van der Waals surface area contributed by atoms with E-state index in [1.807, 2.05) is 0 Å². The van der Waals surface area contributed by atoms with E-state index in [0.29, 0.717) is 22.1 Å². The topological polar surface area (TPSA) is 109 Å². The van der Waals surface area contributed by atoms with Gasteiger partial charge in [0.05, 0.1) is 24.7 Å². The highest BCUT2D eigenvalue weighted by Crippen LogP contribution is 2.19. The van der Waals surface area contributed by atoms with Crippen LogP contribution < -0.4 is 21.4 Å². The van der Waals surface area contributed by atoms with Crippen LogP contribution in [0.25, 0.3) is 5.69 Å². The van der Waals surface area contributed by atoms with Crippen LogP contribution in [0.5, 0.6) is 11.6 Å². The van der Waals surface area contributed by atoms with Crippen molar-refractivity contribution in [1.82, 2.24) is 9.55 Å². The smallest absolute Gasteiger partial charge is 0.335 e. The van der Waals surface area contributed by atoms with Gasteiger partial charge in [-0.2, -0.15) is 5.10 Å². The van der Waals surface area contributed by atoms with Crippen LogP contribution in [0.1, 0.15) is 5.56 Å². The van der Waals surface area contributed by atoms with Crippen LogP contribution in [-0.2, 0) is 0 Å². The van der Waals surface area contributed by atoms with Gasteiger partial charge in [-0.05, 0) is 42.5 Å². The maximum Gasteiger partial charge on any atom is 0.335 e. The third-order valence-electron chi connectivity index (χ3n) is 3.66. The molecule has 0 aliphatic heterocycles. The Bertz CT molecular complexity index is 1100. The quantitative estimate of drug-likeness (QED) is 0.460. The van der Waals surface area contributed by atoms with Crippen molar-refractivity contribution in [2.24, 2.45) is 5.10 Å². The van der Waals surface area contributed by atoms with E-state index in [2.05, 4.69) is 15.5 Å². The van der Waals surface area contributed by atoms with Crippen LogP contribution >= 0.6 is 11.6 Å². The number of halogens is 1. The molecule has 9 heteroatoms. The molecule has 3 N–H and O–H groups in total. The predicted molar refractivity (Wildman–Crippen MR) is 104 cm³/mol. The van der Waals surface area contributed by atoms with Crippen molar-refractivity contribution in [2.75, 3.05) is 12.5 Å². The lowest BCUT2D eigenvalue weighted by atomic mass is 10.3. The Balaban J connectivity index is 1.94. The lowest BCUT2D eigenvalue weighted by molar-refractivity contribution is 0.415. The lowest BCUT2D eigenvalue weighted by Gasteiger charge is -2.09. The molecule has 0 saturated heterocycles. The van der Waals surface area contributed by atoms with Crippen molar-refractivity contribution < 1.29 is 9.84 Å². The van der Waals surface area contributed by atoms with Gasteiger partial charge in [0.25, 0.3) is 5.56 Å². The van der Waals surface area contributed by atoms with Crippen LogP contribution in [0.2, 0.25) is 5.02 Å². The zero-order chi connectivity index (χ0) is 19.4. The number of hydrogen-bond acceptors (Lipinski definition) is 6. The van der Waals surface area contributed by atoms with Crippen molar-refractivity contribution >= 4 is 23.5 Å². The molecule has 8 nitrogen and oxygen atoms in total. The van der Waals surface area contributed by atoms with E-state index in [9.17, 15) is 14.7 Å². The Morgan fingerprint density at radius 2 is 1.96 bits per heavy atom. The van der Waals surface area contributed by atoms with Crippen LogP contribution in [0.4, 0.5) is 5.69 Å². The van der Waals surface area contributed by atoms with Gasteiger partial charge in [0, 0.05) is 5.02 Å². The first-order valence-electron chi connectivity index (χ1n) is 7.77. The number of anilines is 1. The Hall–Kier alpha value is -3.52. The Morgan fingerprint density at radius 3 is 2.63 bits per heavy atom. The minimum Gasteiger partial charge on any atom is -0.497 e. The Kier molecular flexibility index (Phi) is 5.28. The maximum atomic E-state index is 12.1. The van der Waals surface area contributed by atoms with Gasteiger partial charge in [-0.3, -0.25) is 15.2 Å². The normalized spacial score (nSPS) is 10.9. The minimum absolute atomic E-state index is 0.185. The summed E-state index contributed by atoms with van der Waals surface area (Å²) < 4.78 is 6.00. The van der Waals surface area contributed by atoms with Crippen LogP contribution in [-0.4, -0.2) is 28.0 Å². The largest absolute Gasteiger partial charge is 0.497 e. The van der Waals surface area contributed by atoms with Gasteiger partial charge < -0.3 is 9.84 Å². The number of rotatable bonds is 5. The highest BCUT2D eigenvalue weighted by molar-refractivity contribution is 6.30. The first-order valence-corrected chi connectivity index (χ1v) is 8.15. The second-order valence-electron chi connectivity index (χ2n) is 5.41. The van der Waals surface area contributed by atoms with E-state index in [0.717, 1.165) is 10.8 Å². The molecule has 0 radical (unpaired) electrons. The summed E-state index contributed by atoms with van der Waals surface area (Å²) in [5, 5.41) is 14.7. The van der Waals surface area contributed by atoms with Gasteiger partial charge in [-0.1, -0.05) is 17.7 Å². The highest BCUT2D eigenvalue weighted by Gasteiger charge is 2.14. The first kappa shape index (κ1) is 18.3. The minimum atomic E-state index is -0.792. The molecule has 0 aliphatic carbocycles. The van der Waals surface area contributed by atoms with Gasteiger partial charge >= 0.3 is 5.69 Å². The molecule has 0 aliphatic rings. The van der Waals surface area contributed by atoms with E-state index in [1.54, 1.807) is 49.6 Å². The van der Waals surface area contributed by atoms with E-state index >= 15 is 0 Å². The average Bonchev–Trinajstić information content (AvgIpc) is 2.65. The van der Waals surface area contributed by atoms with Crippen LogP contribution in [0.15, 0.2) is 63.2 Å². The third-order valence-corrected chi connectivity index (χ3v) is 3.90. The zero-order valence-corrected chi connectivity index (χ0v) is 14.9. The second-order valence-corrected chi connectivity index (χ2v) is 5.85. The number of ether oxygens (including phenoxy) is 1. The van der Waals surface area contributed by atoms with Gasteiger partial charge in [0.2, 0.25) is 5.88 Å². The molecular formula is C18H15ClN4O4. The van der Waals surface area contributed by atoms with Gasteiger partial charge in [0.15, 0.2) is 0 Å². The molecule has 1 aromatic heterocycles. The molecule has 0 unspecified atom stereocenters. The number of aromatic hydroxyl groups is 1. The van der Waals surface area contributed by atoms with Crippen LogP contribution in [0, 0.1) is 0 Å². The molecule has 0 spiro atoms. The number of aromatic amines is 1. The molecule has 0 atom stereocenters. The molecular weight excluding hydrogens is 372 g/mol. The van der Waals surface area contributed by atoms with Gasteiger partial charge in [0.1, 0.15) is 11.3 Å². The van der Waals surface area contributed by atoms with Crippen molar-refractivity contribution in [2.45, 2.75) is 0 Å². The van der Waals surface area contributed by atoms with Gasteiger partial charge in [-0.15, -0.1) is 0 Å². The molecule has 2 aromatic carbocycles. The molecule has 138 valence electrons. The summed E-state index contributed by atoms with van der Waals surface area (Å²) >= 11 is 5.93. The summed E-state index contributed by atoms with van der Waals surface area (Å²) in [6.07, 6.45) is 1.12. The Labute approximate surface area is 158 Å². The van der Waals surface area contributed by atoms with Crippen molar-refractivity contribution in [3.05, 3.63) is 80.0 Å². The number of nitrogens with one attached hydrogen (secondary N) is 2. The predicted octanol–water partition coefficient (Wildman–Crippen LogP) is 2.34. The zero-order valence-electron chi connectivity index (χ0n) is 14.1. The summed E-state index contributed by atoms with van der Waals surface area (Å²) in [6.45, 7) is 0. The number of benzene rings is 2.